The molecule has 2 nitrogen and oxygen atoms in total. The van der Waals surface area contributed by atoms with Crippen molar-refractivity contribution in [3.63, 3.8) is 0 Å². The van der Waals surface area contributed by atoms with Gasteiger partial charge in [0.05, 0.1) is 11.0 Å². The second-order valence-corrected chi connectivity index (χ2v) is 5.37. The van der Waals surface area contributed by atoms with Crippen LogP contribution in [0.1, 0.15) is 28.2 Å². The van der Waals surface area contributed by atoms with E-state index in [1.54, 1.807) is 0 Å². The number of benzene rings is 4. The van der Waals surface area contributed by atoms with Gasteiger partial charge in [-0.25, -0.2) is 0 Å². The fourth-order valence-electron chi connectivity index (χ4n) is 3.10. The van der Waals surface area contributed by atoms with E-state index >= 15 is 0 Å². The van der Waals surface area contributed by atoms with Gasteiger partial charge in [-0.05, 0) is 49.5 Å². The zero-order valence-corrected chi connectivity index (χ0v) is 11.2. The third-order valence-corrected chi connectivity index (χ3v) is 4.15. The third kappa shape index (κ3) is 1.41. The number of rotatable bonds is 0. The van der Waals surface area contributed by atoms with Gasteiger partial charge in [-0.1, -0.05) is 54.4 Å². The maximum absolute atomic E-state index is 10.5. The Morgan fingerprint density at radius 1 is 0.864 bits per heavy atom. The summed E-state index contributed by atoms with van der Waals surface area (Å²) in [7, 11) is 0. The Morgan fingerprint density at radius 2 is 1.59 bits per heavy atom. The average Bonchev–Trinajstić information content (AvgIpc) is 2.70. The minimum absolute atomic E-state index is 0.00931. The van der Waals surface area contributed by atoms with Crippen molar-refractivity contribution in [1.82, 2.24) is 0 Å². The standard InChI is InChI=1S/C20H14O2/c21-17-9-8-14-15-7-6-12-3-1-2-11-4-5-13(19(15)18(11)12)10-16(14)20(17)22/h1-10,17,20-22H/t17-,20-/m0/s1/i1D,2D,3D,4D,5D,6D,7D,10D. The van der Waals surface area contributed by atoms with E-state index in [9.17, 15) is 10.2 Å². The van der Waals surface area contributed by atoms with E-state index in [1.165, 1.54) is 12.2 Å². The number of fused-ring (bicyclic) bond motifs is 2. The first-order valence-electron chi connectivity index (χ1n) is 10.8. The highest BCUT2D eigenvalue weighted by molar-refractivity contribution is 6.24. The summed E-state index contributed by atoms with van der Waals surface area (Å²) in [6.45, 7) is 0. The van der Waals surface area contributed by atoms with Crippen molar-refractivity contribution < 1.29 is 21.2 Å². The second kappa shape index (κ2) is 4.07. The van der Waals surface area contributed by atoms with Gasteiger partial charge in [-0.15, -0.1) is 0 Å². The fourth-order valence-corrected chi connectivity index (χ4v) is 3.10. The molecule has 22 heavy (non-hydrogen) atoms. The van der Waals surface area contributed by atoms with E-state index < -0.39 is 42.4 Å². The van der Waals surface area contributed by atoms with E-state index in [0.29, 0.717) is 0 Å². The van der Waals surface area contributed by atoms with Gasteiger partial charge in [0.15, 0.2) is 0 Å². The SMILES string of the molecule is [2H]c1c([2H])c2c([2H])c([2H])c3c([2H])c4c(c5c([2H])c([2H])c(c1[2H])c2c35)C=C[C@H](O)[C@H]4O. The van der Waals surface area contributed by atoms with Crippen LogP contribution < -0.4 is 0 Å². The van der Waals surface area contributed by atoms with Crippen molar-refractivity contribution in [2.45, 2.75) is 12.2 Å². The monoisotopic (exact) mass is 294 g/mol. The van der Waals surface area contributed by atoms with Crippen LogP contribution in [0.5, 0.6) is 0 Å². The predicted octanol–water partition coefficient (Wildman–Crippen LogP) is 4.01. The number of aliphatic hydroxyl groups excluding tert-OH is 2. The summed E-state index contributed by atoms with van der Waals surface area (Å²) < 4.78 is 67.3. The van der Waals surface area contributed by atoms with Crippen molar-refractivity contribution in [2.24, 2.45) is 0 Å². The second-order valence-electron chi connectivity index (χ2n) is 5.37. The molecule has 106 valence electrons. The first-order valence-corrected chi connectivity index (χ1v) is 6.84. The third-order valence-electron chi connectivity index (χ3n) is 4.15. The van der Waals surface area contributed by atoms with E-state index in [2.05, 4.69) is 0 Å². The van der Waals surface area contributed by atoms with Crippen molar-refractivity contribution >= 4 is 38.4 Å². The summed E-state index contributed by atoms with van der Waals surface area (Å²) in [4.78, 5) is 0. The van der Waals surface area contributed by atoms with Gasteiger partial charge >= 0.3 is 0 Å². The largest absolute Gasteiger partial charge is 0.386 e. The van der Waals surface area contributed by atoms with Crippen LogP contribution >= 0.6 is 0 Å². The van der Waals surface area contributed by atoms with Gasteiger partial charge < -0.3 is 10.2 Å². The Morgan fingerprint density at radius 3 is 2.41 bits per heavy atom. The molecule has 0 aromatic heterocycles. The van der Waals surface area contributed by atoms with E-state index in [0.717, 1.165) is 0 Å². The molecule has 0 spiro atoms. The normalized spacial score (nSPS) is 26.1. The van der Waals surface area contributed by atoms with Gasteiger partial charge in [0, 0.05) is 0 Å². The van der Waals surface area contributed by atoms with Gasteiger partial charge in [0.1, 0.15) is 12.2 Å². The van der Waals surface area contributed by atoms with Gasteiger partial charge in [0.25, 0.3) is 0 Å². The topological polar surface area (TPSA) is 40.5 Å². The van der Waals surface area contributed by atoms with E-state index in [4.69, 9.17) is 11.0 Å². The fraction of sp³-hybridized carbons (Fsp3) is 0.100. The first kappa shape index (κ1) is 6.78. The van der Waals surface area contributed by atoms with Crippen LogP contribution in [0.15, 0.2) is 54.4 Å². The maximum Gasteiger partial charge on any atom is 0.109 e. The molecule has 0 amide bonds. The molecule has 0 aliphatic heterocycles. The Hall–Kier alpha value is -2.42. The summed E-state index contributed by atoms with van der Waals surface area (Å²) in [6.07, 6.45) is 0.0189. The van der Waals surface area contributed by atoms with Crippen molar-refractivity contribution in [2.75, 3.05) is 0 Å². The molecule has 0 saturated carbocycles. The Bertz CT molecular complexity index is 1440. The quantitative estimate of drug-likeness (QED) is 0.481. The molecule has 0 saturated heterocycles. The molecule has 2 atom stereocenters. The summed E-state index contributed by atoms with van der Waals surface area (Å²) >= 11 is 0. The van der Waals surface area contributed by atoms with E-state index in [1.807, 2.05) is 0 Å². The van der Waals surface area contributed by atoms with Crippen LogP contribution in [-0.4, -0.2) is 16.3 Å². The maximum atomic E-state index is 10.5. The lowest BCUT2D eigenvalue weighted by molar-refractivity contribution is 0.0472. The predicted molar refractivity (Wildman–Crippen MR) is 90.1 cm³/mol. The van der Waals surface area contributed by atoms with Crippen LogP contribution in [0.2, 0.25) is 0 Å². The van der Waals surface area contributed by atoms with Gasteiger partial charge in [0.2, 0.25) is 0 Å². The molecule has 1 aliphatic carbocycles. The minimum Gasteiger partial charge on any atom is -0.386 e. The molecule has 0 radical (unpaired) electrons. The van der Waals surface area contributed by atoms with Crippen molar-refractivity contribution in [3.05, 3.63) is 65.5 Å². The summed E-state index contributed by atoms with van der Waals surface area (Å²) in [6, 6.07) is -3.09. The molecular weight excluding hydrogens is 272 g/mol. The molecule has 4 aromatic rings. The zero-order valence-electron chi connectivity index (χ0n) is 19.2. The summed E-state index contributed by atoms with van der Waals surface area (Å²) in [5, 5.41) is 20.9. The number of aliphatic hydroxyl groups is 2. The van der Waals surface area contributed by atoms with Gasteiger partial charge in [-0.3, -0.25) is 0 Å². The molecule has 1 aliphatic rings. The molecule has 0 heterocycles. The van der Waals surface area contributed by atoms with Crippen LogP contribution in [0, 0.1) is 0 Å². The minimum atomic E-state index is -1.47. The number of hydrogen-bond acceptors (Lipinski definition) is 2. The molecule has 4 aromatic carbocycles. The molecule has 0 bridgehead atoms. The van der Waals surface area contributed by atoms with Crippen LogP contribution in [0.3, 0.4) is 0 Å². The van der Waals surface area contributed by atoms with Crippen LogP contribution in [-0.2, 0) is 0 Å². The average molecular weight is 294 g/mol. The van der Waals surface area contributed by atoms with Crippen LogP contribution in [0.25, 0.3) is 38.4 Å². The Kier molecular flexibility index (Phi) is 1.25. The lowest BCUT2D eigenvalue weighted by Crippen LogP contribution is -2.19. The zero-order chi connectivity index (χ0) is 21.8. The lowest BCUT2D eigenvalue weighted by Gasteiger charge is -2.24. The highest BCUT2D eigenvalue weighted by Crippen LogP contribution is 2.41. The van der Waals surface area contributed by atoms with Crippen molar-refractivity contribution in [3.8, 4) is 0 Å². The summed E-state index contributed by atoms with van der Waals surface area (Å²) in [5.41, 5.74) is 0.271. The molecule has 2 heteroatoms. The Balaban J connectivity index is 2.26. The van der Waals surface area contributed by atoms with Gasteiger partial charge in [-0.2, -0.15) is 0 Å². The molecule has 2 N–H and O–H groups in total. The summed E-state index contributed by atoms with van der Waals surface area (Å²) in [5.74, 6) is 0. The number of hydrogen-bond donors (Lipinski definition) is 2. The van der Waals surface area contributed by atoms with Crippen molar-refractivity contribution in [1.29, 1.82) is 0 Å². The lowest BCUT2D eigenvalue weighted by atomic mass is 9.84. The first-order chi connectivity index (χ1) is 14.1. The molecular formula is C20H14O2. The smallest absolute Gasteiger partial charge is 0.109 e. The highest BCUT2D eigenvalue weighted by atomic mass is 16.3. The Labute approximate surface area is 138 Å². The molecule has 0 fully saturated rings. The molecule has 5 rings (SSSR count). The molecule has 0 unspecified atom stereocenters. The van der Waals surface area contributed by atoms with E-state index in [-0.39, 0.29) is 61.6 Å². The van der Waals surface area contributed by atoms with Crippen LogP contribution in [0.4, 0.5) is 0 Å². The highest BCUT2D eigenvalue weighted by Gasteiger charge is 2.25.